The highest BCUT2D eigenvalue weighted by atomic mass is 15.0. The van der Waals surface area contributed by atoms with Crippen LogP contribution in [0.4, 0.5) is 0 Å². The lowest BCUT2D eigenvalue weighted by molar-refractivity contribution is 1.30. The van der Waals surface area contributed by atoms with Gasteiger partial charge in [-0.25, -0.2) is 9.97 Å². The van der Waals surface area contributed by atoms with E-state index < -0.39 is 0 Å². The Balaban J connectivity index is 1.74. The van der Waals surface area contributed by atoms with E-state index >= 15 is 0 Å². The molecule has 3 nitrogen and oxygen atoms in total. The highest BCUT2D eigenvalue weighted by molar-refractivity contribution is 5.76. The summed E-state index contributed by atoms with van der Waals surface area (Å²) in [5.41, 5.74) is 6.54. The van der Waals surface area contributed by atoms with Gasteiger partial charge in [0.05, 0.1) is 5.52 Å². The maximum atomic E-state index is 4.54. The first-order valence-corrected chi connectivity index (χ1v) is 7.28. The number of nitrogens with zero attached hydrogens (tertiary/aromatic N) is 2. The average Bonchev–Trinajstić information content (AvgIpc) is 2.99. The van der Waals surface area contributed by atoms with E-state index in [0.717, 1.165) is 22.6 Å². The van der Waals surface area contributed by atoms with Gasteiger partial charge in [0.15, 0.2) is 5.65 Å². The molecular weight excluding hydrogens is 270 g/mol. The summed E-state index contributed by atoms with van der Waals surface area (Å²) in [7, 11) is 0. The number of pyridine rings is 1. The number of hydrogen-bond donors (Lipinski definition) is 1. The fraction of sp³-hybridized carbons (Fsp3) is 0.0526. The summed E-state index contributed by atoms with van der Waals surface area (Å²) in [5.74, 6) is 0.852. The second-order valence-electron chi connectivity index (χ2n) is 5.35. The van der Waals surface area contributed by atoms with Gasteiger partial charge in [-0.2, -0.15) is 0 Å². The van der Waals surface area contributed by atoms with Gasteiger partial charge in [-0.3, -0.25) is 0 Å². The molecule has 3 heteroatoms. The zero-order valence-corrected chi connectivity index (χ0v) is 12.2. The van der Waals surface area contributed by atoms with Crippen LogP contribution in [0.1, 0.15) is 5.56 Å². The van der Waals surface area contributed by atoms with Gasteiger partial charge >= 0.3 is 0 Å². The topological polar surface area (TPSA) is 41.6 Å². The van der Waals surface area contributed by atoms with Crippen molar-refractivity contribution in [1.29, 1.82) is 0 Å². The molecular formula is C19H15N3. The fourth-order valence-electron chi connectivity index (χ4n) is 2.69. The minimum Gasteiger partial charge on any atom is -0.337 e. The average molecular weight is 285 g/mol. The molecule has 0 aliphatic heterocycles. The van der Waals surface area contributed by atoms with Crippen LogP contribution in [0.2, 0.25) is 0 Å². The molecule has 0 aliphatic rings. The second-order valence-corrected chi connectivity index (χ2v) is 5.35. The van der Waals surface area contributed by atoms with Crippen molar-refractivity contribution in [2.75, 3.05) is 0 Å². The van der Waals surface area contributed by atoms with Gasteiger partial charge in [0.25, 0.3) is 0 Å². The van der Waals surface area contributed by atoms with Gasteiger partial charge in [0.1, 0.15) is 5.82 Å². The van der Waals surface area contributed by atoms with Crippen molar-refractivity contribution < 1.29 is 0 Å². The molecule has 0 saturated heterocycles. The molecule has 0 bridgehead atoms. The largest absolute Gasteiger partial charge is 0.337 e. The first kappa shape index (κ1) is 12.8. The van der Waals surface area contributed by atoms with Gasteiger partial charge in [0, 0.05) is 11.8 Å². The summed E-state index contributed by atoms with van der Waals surface area (Å²) < 4.78 is 0. The number of fused-ring (bicyclic) bond motifs is 1. The Hall–Kier alpha value is -2.94. The normalized spacial score (nSPS) is 11.0. The third-order valence-corrected chi connectivity index (χ3v) is 3.87. The van der Waals surface area contributed by atoms with Crippen molar-refractivity contribution in [3.63, 3.8) is 0 Å². The van der Waals surface area contributed by atoms with Crippen molar-refractivity contribution in [3.05, 3.63) is 72.4 Å². The Labute approximate surface area is 128 Å². The molecule has 0 radical (unpaired) electrons. The Morgan fingerprint density at radius 3 is 2.36 bits per heavy atom. The zero-order chi connectivity index (χ0) is 14.9. The van der Waals surface area contributed by atoms with Crippen LogP contribution in [0.15, 0.2) is 66.9 Å². The summed E-state index contributed by atoms with van der Waals surface area (Å²) in [6.45, 7) is 2.13. The third kappa shape index (κ3) is 2.17. The summed E-state index contributed by atoms with van der Waals surface area (Å²) in [6, 6.07) is 20.8. The van der Waals surface area contributed by atoms with Crippen molar-refractivity contribution in [1.82, 2.24) is 15.0 Å². The first-order chi connectivity index (χ1) is 10.8. The minimum atomic E-state index is 0.750. The molecule has 0 fully saturated rings. The first-order valence-electron chi connectivity index (χ1n) is 7.28. The number of rotatable bonds is 2. The molecule has 0 spiro atoms. The zero-order valence-electron chi connectivity index (χ0n) is 12.2. The van der Waals surface area contributed by atoms with Gasteiger partial charge in [-0.05, 0) is 35.7 Å². The van der Waals surface area contributed by atoms with Gasteiger partial charge < -0.3 is 4.98 Å². The van der Waals surface area contributed by atoms with Crippen molar-refractivity contribution >= 4 is 11.2 Å². The standard InChI is InChI=1S/C19H15N3/c1-13-5-2-3-6-16(13)14-8-10-15(11-9-14)18-21-17-7-4-12-20-19(17)22-18/h2-12H,1H3,(H,20,21,22). The number of hydrogen-bond acceptors (Lipinski definition) is 2. The minimum absolute atomic E-state index is 0.750. The Kier molecular flexibility index (Phi) is 2.97. The third-order valence-electron chi connectivity index (χ3n) is 3.87. The lowest BCUT2D eigenvalue weighted by Crippen LogP contribution is -1.84. The predicted octanol–water partition coefficient (Wildman–Crippen LogP) is 4.60. The molecule has 0 saturated carbocycles. The predicted molar refractivity (Wildman–Crippen MR) is 89.5 cm³/mol. The van der Waals surface area contributed by atoms with Crippen LogP contribution in [0.5, 0.6) is 0 Å². The highest BCUT2D eigenvalue weighted by Gasteiger charge is 2.06. The smallest absolute Gasteiger partial charge is 0.178 e. The molecule has 4 rings (SSSR count). The molecule has 2 heterocycles. The van der Waals surface area contributed by atoms with E-state index in [1.807, 2.05) is 12.1 Å². The molecule has 1 N–H and O–H groups in total. The molecule has 4 aromatic rings. The van der Waals surface area contributed by atoms with E-state index in [9.17, 15) is 0 Å². The number of aryl methyl sites for hydroxylation is 1. The Bertz CT molecular complexity index is 903. The van der Waals surface area contributed by atoms with Crippen molar-refractivity contribution in [2.24, 2.45) is 0 Å². The van der Waals surface area contributed by atoms with Crippen LogP contribution in [0, 0.1) is 6.92 Å². The number of aromatic nitrogens is 3. The van der Waals surface area contributed by atoms with Crippen LogP contribution >= 0.6 is 0 Å². The molecule has 0 amide bonds. The van der Waals surface area contributed by atoms with Crippen LogP contribution in [0.25, 0.3) is 33.7 Å². The number of benzene rings is 2. The van der Waals surface area contributed by atoms with E-state index in [4.69, 9.17) is 0 Å². The lowest BCUT2D eigenvalue weighted by atomic mass is 9.99. The van der Waals surface area contributed by atoms with Gasteiger partial charge in [-0.15, -0.1) is 0 Å². The van der Waals surface area contributed by atoms with E-state index in [2.05, 4.69) is 70.4 Å². The van der Waals surface area contributed by atoms with Crippen LogP contribution in [-0.4, -0.2) is 15.0 Å². The summed E-state index contributed by atoms with van der Waals surface area (Å²) in [5, 5.41) is 0. The van der Waals surface area contributed by atoms with Gasteiger partial charge in [-0.1, -0.05) is 48.5 Å². The number of nitrogens with one attached hydrogen (secondary N) is 1. The lowest BCUT2D eigenvalue weighted by Gasteiger charge is -2.06. The van der Waals surface area contributed by atoms with E-state index in [0.29, 0.717) is 0 Å². The fourth-order valence-corrected chi connectivity index (χ4v) is 2.69. The van der Waals surface area contributed by atoms with E-state index in [-0.39, 0.29) is 0 Å². The van der Waals surface area contributed by atoms with Crippen molar-refractivity contribution in [3.8, 4) is 22.5 Å². The molecule has 22 heavy (non-hydrogen) atoms. The van der Waals surface area contributed by atoms with Crippen LogP contribution in [-0.2, 0) is 0 Å². The van der Waals surface area contributed by atoms with Gasteiger partial charge in [0.2, 0.25) is 0 Å². The van der Waals surface area contributed by atoms with Crippen molar-refractivity contribution in [2.45, 2.75) is 6.92 Å². The monoisotopic (exact) mass is 285 g/mol. The quantitative estimate of drug-likeness (QED) is 0.584. The van der Waals surface area contributed by atoms with E-state index in [1.165, 1.54) is 16.7 Å². The van der Waals surface area contributed by atoms with Crippen LogP contribution < -0.4 is 0 Å². The second kappa shape index (κ2) is 5.11. The summed E-state index contributed by atoms with van der Waals surface area (Å²) in [6.07, 6.45) is 1.76. The maximum absolute atomic E-state index is 4.54. The molecule has 0 aliphatic carbocycles. The number of H-pyrrole nitrogens is 1. The Morgan fingerprint density at radius 2 is 1.59 bits per heavy atom. The summed E-state index contributed by atoms with van der Waals surface area (Å²) >= 11 is 0. The molecule has 106 valence electrons. The Morgan fingerprint density at radius 1 is 0.818 bits per heavy atom. The van der Waals surface area contributed by atoms with E-state index in [1.54, 1.807) is 6.20 Å². The molecule has 2 aromatic carbocycles. The number of aromatic amines is 1. The molecule has 2 aromatic heterocycles. The molecule has 0 unspecified atom stereocenters. The SMILES string of the molecule is Cc1ccccc1-c1ccc(-c2nc3ncccc3[nH]2)cc1. The summed E-state index contributed by atoms with van der Waals surface area (Å²) in [4.78, 5) is 12.1. The van der Waals surface area contributed by atoms with Crippen LogP contribution in [0.3, 0.4) is 0 Å². The molecule has 0 atom stereocenters. The number of imidazole rings is 1. The maximum Gasteiger partial charge on any atom is 0.178 e. The highest BCUT2D eigenvalue weighted by Crippen LogP contribution is 2.26.